The normalized spacial score (nSPS) is 10.5. The number of benzene rings is 1. The lowest BCUT2D eigenvalue weighted by Gasteiger charge is -2.11. The predicted octanol–water partition coefficient (Wildman–Crippen LogP) is 3.31. The summed E-state index contributed by atoms with van der Waals surface area (Å²) in [4.78, 5) is 11.3. The second kappa shape index (κ2) is 5.54. The number of hydrogen-bond donors (Lipinski definition) is 0. The van der Waals surface area contributed by atoms with Gasteiger partial charge < -0.3 is 9.15 Å². The van der Waals surface area contributed by atoms with Gasteiger partial charge in [0.15, 0.2) is 0 Å². The first kappa shape index (κ1) is 12.4. The molecule has 1 heterocycles. The third kappa shape index (κ3) is 2.45. The smallest absolute Gasteiger partial charge is 0.336 e. The van der Waals surface area contributed by atoms with Crippen LogP contribution in [0.1, 0.15) is 18.9 Å². The van der Waals surface area contributed by atoms with Crippen molar-refractivity contribution in [1.29, 1.82) is 0 Å². The second-order valence-corrected chi connectivity index (χ2v) is 4.06. The van der Waals surface area contributed by atoms with Crippen LogP contribution < -0.4 is 10.4 Å². The molecule has 1 aromatic heterocycles. The Morgan fingerprint density at radius 3 is 2.83 bits per heavy atom. The molecule has 0 aliphatic heterocycles. The lowest BCUT2D eigenvalue weighted by Crippen LogP contribution is -2.01. The maximum absolute atomic E-state index is 11.3. The van der Waals surface area contributed by atoms with E-state index in [0.717, 1.165) is 23.1 Å². The average Bonchev–Trinajstić information content (AvgIpc) is 2.38. The Bertz CT molecular complexity index is 611. The van der Waals surface area contributed by atoms with E-state index in [1.54, 1.807) is 12.1 Å². The number of fused-ring (bicyclic) bond motifs is 1. The highest BCUT2D eigenvalue weighted by molar-refractivity contribution is 5.82. The first-order chi connectivity index (χ1) is 8.76. The van der Waals surface area contributed by atoms with Crippen molar-refractivity contribution in [3.63, 3.8) is 0 Å². The fraction of sp³-hybridized carbons (Fsp3) is 0.267. The molecule has 0 aliphatic carbocycles. The van der Waals surface area contributed by atoms with Gasteiger partial charge in [-0.1, -0.05) is 13.0 Å². The highest BCUT2D eigenvalue weighted by Crippen LogP contribution is 2.28. The van der Waals surface area contributed by atoms with E-state index < -0.39 is 0 Å². The van der Waals surface area contributed by atoms with Gasteiger partial charge in [0.25, 0.3) is 0 Å². The van der Waals surface area contributed by atoms with E-state index in [1.807, 2.05) is 19.1 Å². The zero-order valence-corrected chi connectivity index (χ0v) is 10.4. The molecular formula is C15H16O3. The molecule has 0 saturated heterocycles. The maximum atomic E-state index is 11.3. The van der Waals surface area contributed by atoms with Gasteiger partial charge in [-0.25, -0.2) is 4.79 Å². The highest BCUT2D eigenvalue weighted by atomic mass is 16.5. The number of allylic oxidation sites excluding steroid dienone is 1. The Balaban J connectivity index is 2.60. The standard InChI is InChI=1S/C15H16O3/c1-3-5-12-13(17-10-4-2)8-6-11-7-9-14(16)18-15(11)12/h3,6-9H,1,4-5,10H2,2H3. The summed E-state index contributed by atoms with van der Waals surface area (Å²) in [6.45, 7) is 6.43. The summed E-state index contributed by atoms with van der Waals surface area (Å²) >= 11 is 0. The highest BCUT2D eigenvalue weighted by Gasteiger charge is 2.10. The molecule has 0 radical (unpaired) electrons. The molecule has 0 N–H and O–H groups in total. The first-order valence-corrected chi connectivity index (χ1v) is 6.05. The number of rotatable bonds is 5. The molecule has 0 unspecified atom stereocenters. The molecule has 0 fully saturated rings. The second-order valence-electron chi connectivity index (χ2n) is 4.06. The molecule has 0 aliphatic rings. The minimum absolute atomic E-state index is 0.347. The predicted molar refractivity (Wildman–Crippen MR) is 72.2 cm³/mol. The van der Waals surface area contributed by atoms with Gasteiger partial charge in [-0.3, -0.25) is 0 Å². The molecular weight excluding hydrogens is 228 g/mol. The van der Waals surface area contributed by atoms with Crippen LogP contribution in [0.4, 0.5) is 0 Å². The van der Waals surface area contributed by atoms with E-state index in [1.165, 1.54) is 6.07 Å². The monoisotopic (exact) mass is 244 g/mol. The summed E-state index contributed by atoms with van der Waals surface area (Å²) in [5.74, 6) is 0.763. The van der Waals surface area contributed by atoms with E-state index in [9.17, 15) is 4.79 Å². The van der Waals surface area contributed by atoms with E-state index in [-0.39, 0.29) is 5.63 Å². The lowest BCUT2D eigenvalue weighted by atomic mass is 10.1. The molecule has 3 nitrogen and oxygen atoms in total. The summed E-state index contributed by atoms with van der Waals surface area (Å²) in [6, 6.07) is 7.00. The Morgan fingerprint density at radius 2 is 2.11 bits per heavy atom. The summed E-state index contributed by atoms with van der Waals surface area (Å²) < 4.78 is 11.0. The Kier molecular flexibility index (Phi) is 3.82. The summed E-state index contributed by atoms with van der Waals surface area (Å²) in [7, 11) is 0. The van der Waals surface area contributed by atoms with E-state index in [2.05, 4.69) is 6.58 Å². The summed E-state index contributed by atoms with van der Waals surface area (Å²) in [5.41, 5.74) is 1.13. The van der Waals surface area contributed by atoms with Crippen LogP contribution in [0.3, 0.4) is 0 Å². The van der Waals surface area contributed by atoms with Crippen LogP contribution in [0.15, 0.2) is 46.1 Å². The Hall–Kier alpha value is -2.03. The van der Waals surface area contributed by atoms with Crippen LogP contribution in [-0.4, -0.2) is 6.61 Å². The van der Waals surface area contributed by atoms with Gasteiger partial charge in [0.2, 0.25) is 0 Å². The molecule has 0 atom stereocenters. The number of hydrogen-bond acceptors (Lipinski definition) is 3. The van der Waals surface area contributed by atoms with Crippen LogP contribution in [0, 0.1) is 0 Å². The molecule has 0 saturated carbocycles. The van der Waals surface area contributed by atoms with Gasteiger partial charge in [0.1, 0.15) is 11.3 Å². The van der Waals surface area contributed by atoms with Crippen molar-refractivity contribution in [2.24, 2.45) is 0 Å². The van der Waals surface area contributed by atoms with Crippen LogP contribution in [0.5, 0.6) is 5.75 Å². The SMILES string of the molecule is C=CCc1c(OCCC)ccc2ccc(=O)oc12. The van der Waals surface area contributed by atoms with Gasteiger partial charge in [-0.2, -0.15) is 0 Å². The Morgan fingerprint density at radius 1 is 1.33 bits per heavy atom. The van der Waals surface area contributed by atoms with Crippen molar-refractivity contribution >= 4 is 11.0 Å². The third-order valence-corrected chi connectivity index (χ3v) is 2.66. The molecule has 0 amide bonds. The van der Waals surface area contributed by atoms with Crippen molar-refractivity contribution < 1.29 is 9.15 Å². The van der Waals surface area contributed by atoms with Crippen LogP contribution in [0.2, 0.25) is 0 Å². The van der Waals surface area contributed by atoms with Crippen LogP contribution >= 0.6 is 0 Å². The molecule has 1 aromatic carbocycles. The quantitative estimate of drug-likeness (QED) is 0.598. The summed E-state index contributed by atoms with van der Waals surface area (Å²) in [5, 5.41) is 0.898. The third-order valence-electron chi connectivity index (χ3n) is 2.66. The molecule has 2 aromatic rings. The fourth-order valence-corrected chi connectivity index (χ4v) is 1.86. The van der Waals surface area contributed by atoms with Crippen molar-refractivity contribution in [3.8, 4) is 5.75 Å². The van der Waals surface area contributed by atoms with Gasteiger partial charge in [0.05, 0.1) is 6.61 Å². The van der Waals surface area contributed by atoms with Crippen LogP contribution in [-0.2, 0) is 6.42 Å². The fourth-order valence-electron chi connectivity index (χ4n) is 1.86. The number of ether oxygens (including phenoxy) is 1. The molecule has 0 spiro atoms. The van der Waals surface area contributed by atoms with Gasteiger partial charge in [-0.15, -0.1) is 6.58 Å². The Labute approximate surface area is 106 Å². The van der Waals surface area contributed by atoms with Crippen molar-refractivity contribution in [3.05, 3.63) is 52.9 Å². The van der Waals surface area contributed by atoms with Gasteiger partial charge in [-0.05, 0) is 31.0 Å². The lowest BCUT2D eigenvalue weighted by molar-refractivity contribution is 0.314. The molecule has 18 heavy (non-hydrogen) atoms. The average molecular weight is 244 g/mol. The minimum atomic E-state index is -0.347. The van der Waals surface area contributed by atoms with E-state index in [0.29, 0.717) is 18.6 Å². The minimum Gasteiger partial charge on any atom is -0.493 e. The molecule has 0 bridgehead atoms. The van der Waals surface area contributed by atoms with E-state index in [4.69, 9.17) is 9.15 Å². The van der Waals surface area contributed by atoms with Crippen molar-refractivity contribution in [1.82, 2.24) is 0 Å². The molecule has 2 rings (SSSR count). The first-order valence-electron chi connectivity index (χ1n) is 6.05. The topological polar surface area (TPSA) is 39.4 Å². The summed E-state index contributed by atoms with van der Waals surface area (Å²) in [6.07, 6.45) is 3.33. The van der Waals surface area contributed by atoms with Crippen LogP contribution in [0.25, 0.3) is 11.0 Å². The van der Waals surface area contributed by atoms with Gasteiger partial charge >= 0.3 is 5.63 Å². The molecule has 3 heteroatoms. The largest absolute Gasteiger partial charge is 0.493 e. The van der Waals surface area contributed by atoms with E-state index >= 15 is 0 Å². The zero-order chi connectivity index (χ0) is 13.0. The van der Waals surface area contributed by atoms with Crippen molar-refractivity contribution in [2.45, 2.75) is 19.8 Å². The maximum Gasteiger partial charge on any atom is 0.336 e. The molecule has 94 valence electrons. The van der Waals surface area contributed by atoms with Crippen molar-refractivity contribution in [2.75, 3.05) is 6.61 Å². The van der Waals surface area contributed by atoms with Gasteiger partial charge in [0, 0.05) is 17.0 Å². The zero-order valence-electron chi connectivity index (χ0n) is 10.4.